The molecule has 1 aromatic carbocycles. The van der Waals surface area contributed by atoms with Crippen molar-refractivity contribution in [1.82, 2.24) is 9.88 Å². The minimum Gasteiger partial charge on any atom is -0.471 e. The highest BCUT2D eigenvalue weighted by atomic mass is 16.6. The van der Waals surface area contributed by atoms with Crippen molar-refractivity contribution in [2.24, 2.45) is 0 Å². The highest BCUT2D eigenvalue weighted by Gasteiger charge is 2.38. The standard InChI is InChI=1S/C17H21N3O3/c1-3-11-19-12-5-9-17(19,2)23-15-8-7-14(20(21)22)13-6-4-10-18-16(13)15/h4,6-8,10H,3,5,9,11-12H2,1-2H3. The monoisotopic (exact) mass is 315 g/mol. The fourth-order valence-corrected chi connectivity index (χ4v) is 3.34. The summed E-state index contributed by atoms with van der Waals surface area (Å²) in [5, 5.41) is 11.7. The number of benzene rings is 1. The molecule has 2 aromatic rings. The fraction of sp³-hybridized carbons (Fsp3) is 0.471. The van der Waals surface area contributed by atoms with Gasteiger partial charge in [0, 0.05) is 31.8 Å². The molecule has 0 N–H and O–H groups in total. The second-order valence-corrected chi connectivity index (χ2v) is 6.11. The van der Waals surface area contributed by atoms with E-state index in [9.17, 15) is 10.1 Å². The van der Waals surface area contributed by atoms with Crippen molar-refractivity contribution in [2.45, 2.75) is 38.8 Å². The van der Waals surface area contributed by atoms with Gasteiger partial charge in [0.05, 0.1) is 10.3 Å². The number of fused-ring (bicyclic) bond motifs is 1. The van der Waals surface area contributed by atoms with Crippen LogP contribution in [0.3, 0.4) is 0 Å². The molecule has 6 heteroatoms. The minimum atomic E-state index is -0.380. The van der Waals surface area contributed by atoms with Crippen LogP contribution in [0.1, 0.15) is 33.1 Å². The zero-order chi connectivity index (χ0) is 16.4. The number of aromatic nitrogens is 1. The van der Waals surface area contributed by atoms with Crippen LogP contribution in [-0.2, 0) is 0 Å². The van der Waals surface area contributed by atoms with Gasteiger partial charge in [-0.15, -0.1) is 0 Å². The molecule has 0 radical (unpaired) electrons. The van der Waals surface area contributed by atoms with Crippen LogP contribution in [0.2, 0.25) is 0 Å². The van der Waals surface area contributed by atoms with Crippen LogP contribution >= 0.6 is 0 Å². The van der Waals surface area contributed by atoms with E-state index in [1.165, 1.54) is 6.07 Å². The van der Waals surface area contributed by atoms with E-state index in [-0.39, 0.29) is 16.3 Å². The molecule has 122 valence electrons. The molecule has 1 aliphatic heterocycles. The van der Waals surface area contributed by atoms with E-state index in [1.54, 1.807) is 24.4 Å². The maximum Gasteiger partial charge on any atom is 0.279 e. The van der Waals surface area contributed by atoms with Crippen LogP contribution in [-0.4, -0.2) is 33.6 Å². The van der Waals surface area contributed by atoms with Gasteiger partial charge < -0.3 is 4.74 Å². The van der Waals surface area contributed by atoms with Crippen LogP contribution in [0.25, 0.3) is 10.9 Å². The van der Waals surface area contributed by atoms with Crippen molar-refractivity contribution in [3.63, 3.8) is 0 Å². The molecule has 1 fully saturated rings. The first-order valence-electron chi connectivity index (χ1n) is 8.01. The predicted octanol–water partition coefficient (Wildman–Crippen LogP) is 3.74. The number of hydrogen-bond donors (Lipinski definition) is 0. The minimum absolute atomic E-state index is 0.0578. The van der Waals surface area contributed by atoms with E-state index in [4.69, 9.17) is 4.74 Å². The number of hydrogen-bond acceptors (Lipinski definition) is 5. The summed E-state index contributed by atoms with van der Waals surface area (Å²) in [5.41, 5.74) is 0.227. The number of ether oxygens (including phenoxy) is 1. The van der Waals surface area contributed by atoms with Gasteiger partial charge in [0.15, 0.2) is 5.72 Å². The Bertz CT molecular complexity index is 734. The van der Waals surface area contributed by atoms with Crippen LogP contribution in [0, 0.1) is 10.1 Å². The second kappa shape index (κ2) is 6.12. The van der Waals surface area contributed by atoms with Crippen molar-refractivity contribution in [2.75, 3.05) is 13.1 Å². The van der Waals surface area contributed by atoms with Gasteiger partial charge in [-0.2, -0.15) is 0 Å². The van der Waals surface area contributed by atoms with E-state index in [0.717, 1.165) is 32.4 Å². The van der Waals surface area contributed by atoms with Gasteiger partial charge in [-0.05, 0) is 38.0 Å². The number of nitrogens with zero attached hydrogens (tertiary/aromatic N) is 3. The van der Waals surface area contributed by atoms with E-state index >= 15 is 0 Å². The van der Waals surface area contributed by atoms with Gasteiger partial charge in [-0.3, -0.25) is 20.0 Å². The lowest BCUT2D eigenvalue weighted by Gasteiger charge is -2.35. The highest BCUT2D eigenvalue weighted by Crippen LogP contribution is 2.37. The van der Waals surface area contributed by atoms with Gasteiger partial charge in [-0.25, -0.2) is 0 Å². The Morgan fingerprint density at radius 3 is 3.00 bits per heavy atom. The molecule has 0 spiro atoms. The Hall–Kier alpha value is -2.21. The SMILES string of the molecule is CCCN1CCCC1(C)Oc1ccc([N+](=O)[O-])c2cccnc12. The molecular formula is C17H21N3O3. The normalized spacial score (nSPS) is 21.7. The Morgan fingerprint density at radius 1 is 1.43 bits per heavy atom. The third-order valence-electron chi connectivity index (χ3n) is 4.47. The molecule has 1 unspecified atom stereocenters. The Kier molecular flexibility index (Phi) is 4.17. The first-order valence-corrected chi connectivity index (χ1v) is 8.01. The summed E-state index contributed by atoms with van der Waals surface area (Å²) in [6.45, 7) is 6.24. The van der Waals surface area contributed by atoms with Crippen LogP contribution in [0.5, 0.6) is 5.75 Å². The van der Waals surface area contributed by atoms with Crippen LogP contribution < -0.4 is 4.74 Å². The maximum absolute atomic E-state index is 11.2. The number of rotatable bonds is 5. The second-order valence-electron chi connectivity index (χ2n) is 6.11. The van der Waals surface area contributed by atoms with Gasteiger partial charge in [0.25, 0.3) is 5.69 Å². The topological polar surface area (TPSA) is 68.5 Å². The number of nitro groups is 1. The molecule has 23 heavy (non-hydrogen) atoms. The molecule has 1 atom stereocenters. The van der Waals surface area contributed by atoms with Crippen LogP contribution in [0.4, 0.5) is 5.69 Å². The zero-order valence-electron chi connectivity index (χ0n) is 13.5. The molecule has 0 aliphatic carbocycles. The molecule has 1 aromatic heterocycles. The van der Waals surface area contributed by atoms with Crippen molar-refractivity contribution < 1.29 is 9.66 Å². The van der Waals surface area contributed by atoms with Gasteiger partial charge >= 0.3 is 0 Å². The quantitative estimate of drug-likeness (QED) is 0.621. The number of likely N-dealkylation sites (tertiary alicyclic amines) is 1. The van der Waals surface area contributed by atoms with Crippen molar-refractivity contribution in [3.8, 4) is 5.75 Å². The van der Waals surface area contributed by atoms with E-state index in [2.05, 4.69) is 23.7 Å². The lowest BCUT2D eigenvalue weighted by atomic mass is 10.1. The smallest absolute Gasteiger partial charge is 0.279 e. The first kappa shape index (κ1) is 15.7. The predicted molar refractivity (Wildman–Crippen MR) is 88.5 cm³/mol. The van der Waals surface area contributed by atoms with Gasteiger partial charge in [-0.1, -0.05) is 6.92 Å². The fourth-order valence-electron chi connectivity index (χ4n) is 3.34. The maximum atomic E-state index is 11.2. The van der Waals surface area contributed by atoms with E-state index < -0.39 is 0 Å². The highest BCUT2D eigenvalue weighted by molar-refractivity contribution is 5.92. The lowest BCUT2D eigenvalue weighted by molar-refractivity contribution is -0.383. The summed E-state index contributed by atoms with van der Waals surface area (Å²) < 4.78 is 6.32. The molecule has 1 aliphatic rings. The molecule has 6 nitrogen and oxygen atoms in total. The third kappa shape index (κ3) is 2.86. The van der Waals surface area contributed by atoms with Crippen molar-refractivity contribution in [1.29, 1.82) is 0 Å². The third-order valence-corrected chi connectivity index (χ3v) is 4.47. The number of non-ortho nitro benzene ring substituents is 1. The van der Waals surface area contributed by atoms with Gasteiger partial charge in [0.2, 0.25) is 0 Å². The summed E-state index contributed by atoms with van der Waals surface area (Å²) in [4.78, 5) is 17.5. The molecule has 3 rings (SSSR count). The number of pyridine rings is 1. The van der Waals surface area contributed by atoms with E-state index in [1.807, 2.05) is 0 Å². The largest absolute Gasteiger partial charge is 0.471 e. The Morgan fingerprint density at radius 2 is 2.26 bits per heavy atom. The summed E-state index contributed by atoms with van der Waals surface area (Å²) >= 11 is 0. The average molecular weight is 315 g/mol. The molecule has 0 bridgehead atoms. The Balaban J connectivity index is 2.01. The average Bonchev–Trinajstić information content (AvgIpc) is 2.88. The number of nitro benzene ring substituents is 1. The van der Waals surface area contributed by atoms with Crippen molar-refractivity contribution >= 4 is 16.6 Å². The van der Waals surface area contributed by atoms with Crippen molar-refractivity contribution in [3.05, 3.63) is 40.6 Å². The van der Waals surface area contributed by atoms with Crippen LogP contribution in [0.15, 0.2) is 30.5 Å². The summed E-state index contributed by atoms with van der Waals surface area (Å²) in [5.74, 6) is 0.608. The summed E-state index contributed by atoms with van der Waals surface area (Å²) in [7, 11) is 0. The lowest BCUT2D eigenvalue weighted by Crippen LogP contribution is -2.46. The zero-order valence-corrected chi connectivity index (χ0v) is 13.5. The summed E-state index contributed by atoms with van der Waals surface area (Å²) in [6, 6.07) is 6.59. The molecule has 0 saturated carbocycles. The summed E-state index contributed by atoms with van der Waals surface area (Å²) in [6.07, 6.45) is 4.74. The molecule has 2 heterocycles. The van der Waals surface area contributed by atoms with E-state index in [0.29, 0.717) is 16.7 Å². The first-order chi connectivity index (χ1) is 11.0. The van der Waals surface area contributed by atoms with Gasteiger partial charge in [0.1, 0.15) is 11.3 Å². The molecule has 1 saturated heterocycles. The molecular weight excluding hydrogens is 294 g/mol. The Labute approximate surface area is 135 Å². The molecule has 0 amide bonds.